The van der Waals surface area contributed by atoms with Crippen LogP contribution < -0.4 is 32.5 Å². The molecule has 164 valence electrons. The molecule has 1 saturated carbocycles. The van der Waals surface area contributed by atoms with Gasteiger partial charge < -0.3 is 25.9 Å². The number of anilines is 1. The molecule has 9 heteroatoms. The first-order valence-corrected chi connectivity index (χ1v) is 10.3. The molecular formula is C21H31N5O4. The van der Waals surface area contributed by atoms with Crippen LogP contribution in [0.15, 0.2) is 21.7 Å². The SMILES string of the molecule is COC[C@@H](N)C1CN(c2ccc3c(=O)n(N)c(=O)n(C4CC4)c3c2OC)CC1(C)C. The molecule has 2 aliphatic rings. The maximum absolute atomic E-state index is 12.8. The fourth-order valence-electron chi connectivity index (χ4n) is 4.89. The van der Waals surface area contributed by atoms with Crippen LogP contribution in [0, 0.1) is 11.3 Å². The first kappa shape index (κ1) is 20.7. The lowest BCUT2D eigenvalue weighted by molar-refractivity contribution is 0.130. The zero-order chi connectivity index (χ0) is 21.8. The summed E-state index contributed by atoms with van der Waals surface area (Å²) < 4.78 is 13.4. The summed E-state index contributed by atoms with van der Waals surface area (Å²) in [5, 5.41) is 0.385. The van der Waals surface area contributed by atoms with E-state index < -0.39 is 11.2 Å². The number of rotatable bonds is 6. The summed E-state index contributed by atoms with van der Waals surface area (Å²) in [4.78, 5) is 27.7. The van der Waals surface area contributed by atoms with Crippen molar-refractivity contribution in [1.29, 1.82) is 0 Å². The largest absolute Gasteiger partial charge is 0.492 e. The second kappa shape index (κ2) is 7.31. The number of hydrogen-bond acceptors (Lipinski definition) is 7. The zero-order valence-electron chi connectivity index (χ0n) is 18.1. The van der Waals surface area contributed by atoms with Crippen LogP contribution in [0.4, 0.5) is 5.69 Å². The van der Waals surface area contributed by atoms with Gasteiger partial charge in [0.2, 0.25) is 0 Å². The van der Waals surface area contributed by atoms with E-state index in [0.717, 1.165) is 31.6 Å². The van der Waals surface area contributed by atoms with E-state index in [-0.39, 0.29) is 23.4 Å². The maximum atomic E-state index is 12.8. The monoisotopic (exact) mass is 417 g/mol. The van der Waals surface area contributed by atoms with Gasteiger partial charge in [0.15, 0.2) is 5.75 Å². The van der Waals surface area contributed by atoms with E-state index in [1.165, 1.54) is 0 Å². The topological polar surface area (TPSA) is 118 Å². The summed E-state index contributed by atoms with van der Waals surface area (Å²) in [7, 11) is 3.23. The number of benzene rings is 1. The summed E-state index contributed by atoms with van der Waals surface area (Å²) in [6, 6.07) is 3.57. The van der Waals surface area contributed by atoms with Crippen LogP contribution in [0.5, 0.6) is 5.75 Å². The highest BCUT2D eigenvalue weighted by molar-refractivity contribution is 5.91. The second-order valence-corrected chi connectivity index (χ2v) is 9.17. The van der Waals surface area contributed by atoms with Gasteiger partial charge in [-0.2, -0.15) is 4.68 Å². The molecule has 4 rings (SSSR count). The van der Waals surface area contributed by atoms with E-state index in [1.807, 2.05) is 6.07 Å². The Kier molecular flexibility index (Phi) is 5.06. The minimum atomic E-state index is -0.515. The summed E-state index contributed by atoms with van der Waals surface area (Å²) in [5.74, 6) is 6.53. The van der Waals surface area contributed by atoms with Crippen LogP contribution in [-0.4, -0.2) is 49.2 Å². The minimum Gasteiger partial charge on any atom is -0.492 e. The molecule has 1 aromatic heterocycles. The molecule has 2 atom stereocenters. The predicted octanol–water partition coefficient (Wildman–Crippen LogP) is 0.657. The Balaban J connectivity index is 1.87. The van der Waals surface area contributed by atoms with Gasteiger partial charge in [-0.1, -0.05) is 13.8 Å². The van der Waals surface area contributed by atoms with E-state index >= 15 is 0 Å². The summed E-state index contributed by atoms with van der Waals surface area (Å²) in [6.07, 6.45) is 1.76. The van der Waals surface area contributed by atoms with Crippen LogP contribution in [0.2, 0.25) is 0 Å². The number of hydrogen-bond donors (Lipinski definition) is 2. The Morgan fingerprint density at radius 3 is 2.53 bits per heavy atom. The lowest BCUT2D eigenvalue weighted by atomic mass is 9.78. The predicted molar refractivity (Wildman–Crippen MR) is 117 cm³/mol. The highest BCUT2D eigenvalue weighted by Crippen LogP contribution is 2.45. The molecule has 1 aliphatic heterocycles. The van der Waals surface area contributed by atoms with Crippen LogP contribution in [0.3, 0.4) is 0 Å². The van der Waals surface area contributed by atoms with Gasteiger partial charge >= 0.3 is 5.69 Å². The van der Waals surface area contributed by atoms with Crippen molar-refractivity contribution in [3.05, 3.63) is 33.0 Å². The van der Waals surface area contributed by atoms with Crippen molar-refractivity contribution in [2.75, 3.05) is 44.7 Å². The smallest absolute Gasteiger partial charge is 0.350 e. The third-order valence-corrected chi connectivity index (χ3v) is 6.56. The fourth-order valence-corrected chi connectivity index (χ4v) is 4.89. The van der Waals surface area contributed by atoms with Crippen molar-refractivity contribution in [3.63, 3.8) is 0 Å². The molecule has 2 aromatic rings. The van der Waals surface area contributed by atoms with Gasteiger partial charge in [-0.3, -0.25) is 9.36 Å². The van der Waals surface area contributed by atoms with Gasteiger partial charge in [0.1, 0.15) is 5.52 Å². The number of ether oxygens (including phenoxy) is 2. The van der Waals surface area contributed by atoms with E-state index in [4.69, 9.17) is 21.1 Å². The lowest BCUT2D eigenvalue weighted by Crippen LogP contribution is -2.44. The first-order valence-electron chi connectivity index (χ1n) is 10.3. The van der Waals surface area contributed by atoms with E-state index in [0.29, 0.717) is 27.9 Å². The molecule has 0 amide bonds. The number of nitrogens with zero attached hydrogens (tertiary/aromatic N) is 3. The number of aromatic nitrogens is 2. The van der Waals surface area contributed by atoms with Crippen LogP contribution in [0.25, 0.3) is 10.9 Å². The zero-order valence-corrected chi connectivity index (χ0v) is 18.1. The van der Waals surface area contributed by atoms with Gasteiger partial charge in [-0.25, -0.2) is 4.79 Å². The van der Waals surface area contributed by atoms with Crippen LogP contribution in [0.1, 0.15) is 32.7 Å². The Hall–Kier alpha value is -2.52. The Morgan fingerprint density at radius 1 is 1.23 bits per heavy atom. The quantitative estimate of drug-likeness (QED) is 0.663. The first-order chi connectivity index (χ1) is 14.2. The Labute approximate surface area is 175 Å². The van der Waals surface area contributed by atoms with E-state index in [1.54, 1.807) is 24.9 Å². The van der Waals surface area contributed by atoms with Crippen LogP contribution in [-0.2, 0) is 4.74 Å². The molecule has 1 unspecified atom stereocenters. The second-order valence-electron chi connectivity index (χ2n) is 9.17. The summed E-state index contributed by atoms with van der Waals surface area (Å²) >= 11 is 0. The lowest BCUT2D eigenvalue weighted by Gasteiger charge is -2.29. The van der Waals surface area contributed by atoms with Gasteiger partial charge in [-0.05, 0) is 30.4 Å². The molecule has 2 fully saturated rings. The minimum absolute atomic E-state index is 0.0330. The highest BCUT2D eigenvalue weighted by Gasteiger charge is 2.43. The van der Waals surface area contributed by atoms with Gasteiger partial charge in [0.25, 0.3) is 5.56 Å². The fraction of sp³-hybridized carbons (Fsp3) is 0.619. The number of nitrogen functional groups attached to an aromatic ring is 1. The molecule has 9 nitrogen and oxygen atoms in total. The standard InChI is InChI=1S/C21H31N5O4/c1-21(2)11-24(9-14(21)15(22)10-29-3)16-8-7-13-17(18(16)30-4)25(12-5-6-12)20(28)26(23)19(13)27/h7-8,12,14-15H,5-6,9-11,22-23H2,1-4H3/t14?,15-/m1/s1. The molecule has 1 aliphatic carbocycles. The number of nitrogens with two attached hydrogens (primary N) is 2. The molecule has 1 saturated heterocycles. The average molecular weight is 418 g/mol. The van der Waals surface area contributed by atoms with Crippen molar-refractivity contribution < 1.29 is 9.47 Å². The molecule has 0 radical (unpaired) electrons. The third-order valence-electron chi connectivity index (χ3n) is 6.56. The van der Waals surface area contributed by atoms with E-state index in [9.17, 15) is 9.59 Å². The highest BCUT2D eigenvalue weighted by atomic mass is 16.5. The normalized spacial score (nSPS) is 21.9. The van der Waals surface area contributed by atoms with Crippen molar-refractivity contribution in [1.82, 2.24) is 9.24 Å². The maximum Gasteiger partial charge on any atom is 0.350 e. The third kappa shape index (κ3) is 3.16. The van der Waals surface area contributed by atoms with Crippen molar-refractivity contribution in [2.24, 2.45) is 17.1 Å². The van der Waals surface area contributed by atoms with Gasteiger partial charge in [-0.15, -0.1) is 0 Å². The average Bonchev–Trinajstić information content (AvgIpc) is 3.48. The van der Waals surface area contributed by atoms with Crippen LogP contribution >= 0.6 is 0 Å². The summed E-state index contributed by atoms with van der Waals surface area (Å²) in [5.41, 5.74) is 6.73. The molecule has 4 N–H and O–H groups in total. The molecule has 30 heavy (non-hydrogen) atoms. The van der Waals surface area contributed by atoms with Crippen molar-refractivity contribution in [2.45, 2.75) is 38.8 Å². The number of fused-ring (bicyclic) bond motifs is 1. The Bertz CT molecular complexity index is 1090. The molecule has 1 aromatic carbocycles. The molecule has 0 bridgehead atoms. The van der Waals surface area contributed by atoms with Gasteiger partial charge in [0, 0.05) is 38.2 Å². The van der Waals surface area contributed by atoms with Crippen molar-refractivity contribution >= 4 is 16.6 Å². The molecular weight excluding hydrogens is 386 g/mol. The molecule has 2 heterocycles. The Morgan fingerprint density at radius 2 is 1.93 bits per heavy atom. The summed E-state index contributed by atoms with van der Waals surface area (Å²) in [6.45, 7) is 6.41. The van der Waals surface area contributed by atoms with Gasteiger partial charge in [0.05, 0.1) is 24.8 Å². The number of methoxy groups -OCH3 is 2. The van der Waals surface area contributed by atoms with Crippen molar-refractivity contribution in [3.8, 4) is 5.75 Å². The molecule has 0 spiro atoms. The van der Waals surface area contributed by atoms with E-state index in [2.05, 4.69) is 18.7 Å².